The highest BCUT2D eigenvalue weighted by molar-refractivity contribution is 5.36. The van der Waals surface area contributed by atoms with Crippen LogP contribution in [-0.4, -0.2) is 29.1 Å². The minimum Gasteiger partial charge on any atom is -0.385 e. The smallest absolute Gasteiger partial charge is 0.123 e. The molecule has 2 aliphatic heterocycles. The summed E-state index contributed by atoms with van der Waals surface area (Å²) in [7, 11) is 2.12. The van der Waals surface area contributed by atoms with E-state index < -0.39 is 5.60 Å². The number of benzene rings is 1. The Labute approximate surface area is 125 Å². The summed E-state index contributed by atoms with van der Waals surface area (Å²) in [6.45, 7) is 0. The Balaban J connectivity index is 1.99. The molecule has 0 saturated carbocycles. The second-order valence-electron chi connectivity index (χ2n) is 6.48. The van der Waals surface area contributed by atoms with Crippen molar-refractivity contribution in [1.29, 1.82) is 5.26 Å². The van der Waals surface area contributed by atoms with E-state index in [0.29, 0.717) is 30.5 Å². The summed E-state index contributed by atoms with van der Waals surface area (Å²) in [6, 6.07) is 7.24. The molecule has 1 aromatic carbocycles. The zero-order valence-electron chi connectivity index (χ0n) is 12.3. The average Bonchev–Trinajstić information content (AvgIpc) is 2.43. The highest BCUT2D eigenvalue weighted by Gasteiger charge is 2.45. The largest absolute Gasteiger partial charge is 0.385 e. The molecule has 0 amide bonds. The zero-order valence-corrected chi connectivity index (χ0v) is 12.3. The molecule has 2 atom stereocenters. The van der Waals surface area contributed by atoms with E-state index in [0.717, 1.165) is 18.4 Å². The van der Waals surface area contributed by atoms with E-state index in [4.69, 9.17) is 5.26 Å². The van der Waals surface area contributed by atoms with Crippen molar-refractivity contribution in [3.63, 3.8) is 0 Å². The third-order valence-electron chi connectivity index (χ3n) is 5.22. The fourth-order valence-electron chi connectivity index (χ4n) is 4.09. The van der Waals surface area contributed by atoms with Gasteiger partial charge in [-0.2, -0.15) is 5.26 Å². The number of nitrogens with zero attached hydrogens (tertiary/aromatic N) is 2. The van der Waals surface area contributed by atoms with E-state index in [-0.39, 0.29) is 12.2 Å². The Morgan fingerprint density at radius 3 is 2.67 bits per heavy atom. The molecule has 2 bridgehead atoms. The third kappa shape index (κ3) is 2.56. The van der Waals surface area contributed by atoms with Crippen molar-refractivity contribution in [3.8, 4) is 6.07 Å². The number of hydrogen-bond acceptors (Lipinski definition) is 3. The first-order chi connectivity index (χ1) is 10.0. The van der Waals surface area contributed by atoms with Crippen LogP contribution in [0.15, 0.2) is 18.2 Å². The van der Waals surface area contributed by atoms with Crippen LogP contribution in [-0.2, 0) is 12.0 Å². The van der Waals surface area contributed by atoms with Crippen LogP contribution in [0.5, 0.6) is 0 Å². The van der Waals surface area contributed by atoms with E-state index in [1.54, 1.807) is 6.07 Å². The molecule has 2 unspecified atom stereocenters. The zero-order chi connectivity index (χ0) is 15.0. The molecular weight excluding hydrogens is 267 g/mol. The topological polar surface area (TPSA) is 47.3 Å². The number of halogens is 1. The predicted molar refractivity (Wildman–Crippen MR) is 78.0 cm³/mol. The van der Waals surface area contributed by atoms with E-state index in [9.17, 15) is 9.50 Å². The van der Waals surface area contributed by atoms with Crippen LogP contribution in [0.1, 0.15) is 43.2 Å². The fraction of sp³-hybridized carbons (Fsp3) is 0.588. The van der Waals surface area contributed by atoms with Crippen molar-refractivity contribution in [1.82, 2.24) is 4.90 Å². The van der Waals surface area contributed by atoms with Crippen molar-refractivity contribution < 1.29 is 9.50 Å². The van der Waals surface area contributed by atoms with Gasteiger partial charge in [-0.25, -0.2) is 4.39 Å². The summed E-state index contributed by atoms with van der Waals surface area (Å²) in [6.07, 6.45) is 4.83. The Morgan fingerprint density at radius 2 is 2.05 bits per heavy atom. The highest BCUT2D eigenvalue weighted by atomic mass is 19.1. The maximum Gasteiger partial charge on any atom is 0.123 e. The van der Waals surface area contributed by atoms with Crippen LogP contribution >= 0.6 is 0 Å². The molecule has 0 aromatic heterocycles. The summed E-state index contributed by atoms with van der Waals surface area (Å²) in [4.78, 5) is 2.36. The average molecular weight is 288 g/mol. The lowest BCUT2D eigenvalue weighted by Gasteiger charge is -2.51. The molecule has 0 spiro atoms. The van der Waals surface area contributed by atoms with Crippen molar-refractivity contribution in [2.45, 2.75) is 56.2 Å². The first kappa shape index (κ1) is 14.5. The van der Waals surface area contributed by atoms with Gasteiger partial charge in [0.1, 0.15) is 5.82 Å². The predicted octanol–water partition coefficient (Wildman–Crippen LogP) is 2.73. The van der Waals surface area contributed by atoms with Gasteiger partial charge in [0.05, 0.1) is 18.1 Å². The van der Waals surface area contributed by atoms with Gasteiger partial charge in [-0.1, -0.05) is 12.5 Å². The number of piperidine rings is 2. The van der Waals surface area contributed by atoms with E-state index in [2.05, 4.69) is 18.0 Å². The van der Waals surface area contributed by atoms with Crippen molar-refractivity contribution >= 4 is 0 Å². The minimum absolute atomic E-state index is 0.211. The number of nitriles is 1. The van der Waals surface area contributed by atoms with Gasteiger partial charge < -0.3 is 10.0 Å². The molecule has 112 valence electrons. The number of aliphatic hydroxyl groups is 1. The molecule has 3 nitrogen and oxygen atoms in total. The van der Waals surface area contributed by atoms with E-state index >= 15 is 0 Å². The minimum atomic E-state index is -1.00. The first-order valence-electron chi connectivity index (χ1n) is 7.64. The summed E-state index contributed by atoms with van der Waals surface area (Å²) in [5.41, 5.74) is 0.370. The van der Waals surface area contributed by atoms with Gasteiger partial charge >= 0.3 is 0 Å². The SMILES string of the molecule is CN1C2CCCC1CC(O)(c1cc(F)ccc1CC#N)C2. The maximum atomic E-state index is 13.7. The summed E-state index contributed by atoms with van der Waals surface area (Å²) in [5.74, 6) is -0.343. The Morgan fingerprint density at radius 1 is 1.38 bits per heavy atom. The maximum absolute atomic E-state index is 13.7. The molecule has 4 heteroatoms. The van der Waals surface area contributed by atoms with Gasteiger partial charge in [0.15, 0.2) is 0 Å². The third-order valence-corrected chi connectivity index (χ3v) is 5.22. The van der Waals surface area contributed by atoms with Crippen LogP contribution in [0.2, 0.25) is 0 Å². The summed E-state index contributed by atoms with van der Waals surface area (Å²) in [5, 5.41) is 20.2. The van der Waals surface area contributed by atoms with Crippen molar-refractivity contribution in [2.75, 3.05) is 7.05 Å². The van der Waals surface area contributed by atoms with Gasteiger partial charge in [-0.05, 0) is 56.0 Å². The molecule has 1 aromatic rings. The molecular formula is C17H21FN2O. The molecule has 2 heterocycles. The van der Waals surface area contributed by atoms with Gasteiger partial charge in [0.25, 0.3) is 0 Å². The monoisotopic (exact) mass is 288 g/mol. The Hall–Kier alpha value is -1.44. The van der Waals surface area contributed by atoms with E-state index in [1.165, 1.54) is 18.6 Å². The van der Waals surface area contributed by atoms with Gasteiger partial charge in [-0.3, -0.25) is 0 Å². The van der Waals surface area contributed by atoms with Crippen LogP contribution in [0.3, 0.4) is 0 Å². The van der Waals surface area contributed by atoms with Crippen molar-refractivity contribution in [3.05, 3.63) is 35.1 Å². The normalized spacial score (nSPS) is 32.7. The fourth-order valence-corrected chi connectivity index (χ4v) is 4.09. The lowest BCUT2D eigenvalue weighted by Crippen LogP contribution is -2.55. The van der Waals surface area contributed by atoms with Gasteiger partial charge in [0, 0.05) is 12.1 Å². The molecule has 2 aliphatic rings. The number of hydrogen-bond donors (Lipinski definition) is 1. The molecule has 3 rings (SSSR count). The molecule has 0 aliphatic carbocycles. The second kappa shape index (κ2) is 5.40. The van der Waals surface area contributed by atoms with E-state index in [1.807, 2.05) is 0 Å². The van der Waals surface area contributed by atoms with Crippen LogP contribution in [0.4, 0.5) is 4.39 Å². The Kier molecular flexibility index (Phi) is 3.73. The molecule has 2 saturated heterocycles. The van der Waals surface area contributed by atoms with Crippen LogP contribution in [0.25, 0.3) is 0 Å². The van der Waals surface area contributed by atoms with Crippen LogP contribution < -0.4 is 0 Å². The highest BCUT2D eigenvalue weighted by Crippen LogP contribution is 2.44. The summed E-state index contributed by atoms with van der Waals surface area (Å²) >= 11 is 0. The lowest BCUT2D eigenvalue weighted by atomic mass is 9.71. The van der Waals surface area contributed by atoms with Gasteiger partial charge in [-0.15, -0.1) is 0 Å². The summed E-state index contributed by atoms with van der Waals surface area (Å²) < 4.78 is 13.7. The van der Waals surface area contributed by atoms with Crippen LogP contribution in [0, 0.1) is 17.1 Å². The molecule has 0 radical (unpaired) electrons. The number of rotatable bonds is 2. The number of fused-ring (bicyclic) bond motifs is 2. The van der Waals surface area contributed by atoms with Gasteiger partial charge in [0.2, 0.25) is 0 Å². The standard InChI is InChI=1S/C17H21FN2O/c1-20-14-3-2-4-15(20)11-17(21,10-14)16-9-13(18)6-5-12(16)7-8-19/h5-6,9,14-15,21H,2-4,7,10-11H2,1H3. The molecule has 2 fully saturated rings. The molecule has 21 heavy (non-hydrogen) atoms. The lowest BCUT2D eigenvalue weighted by molar-refractivity contribution is -0.0879. The Bertz CT molecular complexity index is 567. The first-order valence-corrected chi connectivity index (χ1v) is 7.64. The molecule has 1 N–H and O–H groups in total. The van der Waals surface area contributed by atoms with Crippen molar-refractivity contribution in [2.24, 2.45) is 0 Å². The second-order valence-corrected chi connectivity index (χ2v) is 6.48. The quantitative estimate of drug-likeness (QED) is 0.910.